The van der Waals surface area contributed by atoms with Gasteiger partial charge in [-0.05, 0) is 43.3 Å². The maximum Gasteiger partial charge on any atom is 0.244 e. The van der Waals surface area contributed by atoms with Gasteiger partial charge in [-0.15, -0.1) is 5.10 Å². The van der Waals surface area contributed by atoms with E-state index < -0.39 is 0 Å². The van der Waals surface area contributed by atoms with Crippen LogP contribution in [0.3, 0.4) is 0 Å². The van der Waals surface area contributed by atoms with Crippen molar-refractivity contribution in [3.05, 3.63) is 54.7 Å². The molecule has 0 bridgehead atoms. The van der Waals surface area contributed by atoms with Gasteiger partial charge in [0.25, 0.3) is 0 Å². The molecule has 2 aromatic carbocycles. The standard InChI is InChI=1S/C20H23N5O3/c1-3-27-18-7-5-4-6-17(18)23-19-14-22-25-20(24-19)21-12-13-28-16-10-8-15(26-2)9-11-16/h4-11,14H,3,12-13H2,1-2H3,(H2,21,23,24,25). The van der Waals surface area contributed by atoms with E-state index in [1.54, 1.807) is 13.3 Å². The van der Waals surface area contributed by atoms with Gasteiger partial charge in [-0.25, -0.2) is 0 Å². The third-order valence-corrected chi connectivity index (χ3v) is 3.72. The van der Waals surface area contributed by atoms with Gasteiger partial charge in [0.2, 0.25) is 5.95 Å². The normalized spacial score (nSPS) is 10.2. The monoisotopic (exact) mass is 381 g/mol. The number of hydrogen-bond acceptors (Lipinski definition) is 8. The Balaban J connectivity index is 1.52. The number of aromatic nitrogens is 3. The average Bonchev–Trinajstić information content (AvgIpc) is 2.74. The molecule has 8 nitrogen and oxygen atoms in total. The van der Waals surface area contributed by atoms with E-state index in [1.165, 1.54) is 0 Å². The third-order valence-electron chi connectivity index (χ3n) is 3.72. The highest BCUT2D eigenvalue weighted by Crippen LogP contribution is 2.26. The number of methoxy groups -OCH3 is 1. The number of ether oxygens (including phenoxy) is 3. The van der Waals surface area contributed by atoms with Gasteiger partial charge in [0.15, 0.2) is 5.82 Å². The van der Waals surface area contributed by atoms with Crippen LogP contribution in [0.5, 0.6) is 17.2 Å². The molecule has 2 N–H and O–H groups in total. The summed E-state index contributed by atoms with van der Waals surface area (Å²) in [7, 11) is 1.63. The molecule has 0 saturated carbocycles. The Labute approximate surface area is 163 Å². The molecule has 8 heteroatoms. The van der Waals surface area contributed by atoms with E-state index in [-0.39, 0.29) is 0 Å². The van der Waals surface area contributed by atoms with E-state index in [4.69, 9.17) is 14.2 Å². The van der Waals surface area contributed by atoms with Crippen LogP contribution >= 0.6 is 0 Å². The molecule has 0 saturated heterocycles. The first-order valence-electron chi connectivity index (χ1n) is 8.98. The van der Waals surface area contributed by atoms with Crippen molar-refractivity contribution < 1.29 is 14.2 Å². The Bertz CT molecular complexity index is 874. The van der Waals surface area contributed by atoms with Crippen LogP contribution in [-0.4, -0.2) is 42.0 Å². The number of benzene rings is 2. The fraction of sp³-hybridized carbons (Fsp3) is 0.250. The van der Waals surface area contributed by atoms with E-state index in [0.717, 1.165) is 22.9 Å². The lowest BCUT2D eigenvalue weighted by Gasteiger charge is -2.12. The third kappa shape index (κ3) is 5.47. The number of nitrogens with zero attached hydrogens (tertiary/aromatic N) is 3. The van der Waals surface area contributed by atoms with Crippen molar-refractivity contribution in [2.24, 2.45) is 0 Å². The van der Waals surface area contributed by atoms with Gasteiger partial charge in [-0.2, -0.15) is 10.1 Å². The summed E-state index contributed by atoms with van der Waals surface area (Å²) in [5, 5.41) is 14.3. The Kier molecular flexibility index (Phi) is 6.84. The second kappa shape index (κ2) is 9.96. The first-order chi connectivity index (χ1) is 13.8. The summed E-state index contributed by atoms with van der Waals surface area (Å²) in [5.41, 5.74) is 0.818. The second-order valence-corrected chi connectivity index (χ2v) is 5.67. The zero-order chi connectivity index (χ0) is 19.6. The van der Waals surface area contributed by atoms with Gasteiger partial charge in [0, 0.05) is 0 Å². The van der Waals surface area contributed by atoms with Crippen molar-refractivity contribution in [3.63, 3.8) is 0 Å². The number of para-hydroxylation sites is 2. The van der Waals surface area contributed by atoms with E-state index in [2.05, 4.69) is 25.8 Å². The predicted octanol–water partition coefficient (Wildman–Crippen LogP) is 3.51. The molecular weight excluding hydrogens is 358 g/mol. The minimum absolute atomic E-state index is 0.414. The van der Waals surface area contributed by atoms with Crippen molar-refractivity contribution in [1.29, 1.82) is 0 Å². The minimum Gasteiger partial charge on any atom is -0.497 e. The van der Waals surface area contributed by atoms with Crippen molar-refractivity contribution in [3.8, 4) is 17.2 Å². The Morgan fingerprint density at radius 1 is 0.964 bits per heavy atom. The van der Waals surface area contributed by atoms with E-state index in [9.17, 15) is 0 Å². The Morgan fingerprint density at radius 3 is 2.54 bits per heavy atom. The van der Waals surface area contributed by atoms with Crippen LogP contribution in [0.1, 0.15) is 6.92 Å². The van der Waals surface area contributed by atoms with Crippen molar-refractivity contribution >= 4 is 17.5 Å². The van der Waals surface area contributed by atoms with Crippen LogP contribution in [0.25, 0.3) is 0 Å². The van der Waals surface area contributed by atoms with Gasteiger partial charge in [-0.1, -0.05) is 12.1 Å². The summed E-state index contributed by atoms with van der Waals surface area (Å²) in [6.45, 7) is 3.52. The first kappa shape index (κ1) is 19.2. The fourth-order valence-electron chi connectivity index (χ4n) is 2.43. The molecule has 0 spiro atoms. The van der Waals surface area contributed by atoms with Gasteiger partial charge >= 0.3 is 0 Å². The van der Waals surface area contributed by atoms with Crippen molar-refractivity contribution in [2.45, 2.75) is 6.92 Å². The molecule has 0 aliphatic rings. The van der Waals surface area contributed by atoms with Crippen LogP contribution in [0.2, 0.25) is 0 Å². The molecule has 0 atom stereocenters. The molecule has 3 aromatic rings. The summed E-state index contributed by atoms with van der Waals surface area (Å²) in [6, 6.07) is 15.1. The van der Waals surface area contributed by atoms with Crippen LogP contribution in [0, 0.1) is 0 Å². The van der Waals surface area contributed by atoms with Crippen LogP contribution < -0.4 is 24.8 Å². The highest BCUT2D eigenvalue weighted by Gasteiger charge is 2.05. The summed E-state index contributed by atoms with van der Waals surface area (Å²) < 4.78 is 16.4. The molecule has 146 valence electrons. The zero-order valence-corrected chi connectivity index (χ0v) is 15.9. The highest BCUT2D eigenvalue weighted by molar-refractivity contribution is 5.63. The summed E-state index contributed by atoms with van der Waals surface area (Å²) in [6.07, 6.45) is 1.56. The molecule has 0 aliphatic heterocycles. The fourth-order valence-corrected chi connectivity index (χ4v) is 2.43. The molecule has 0 unspecified atom stereocenters. The molecule has 0 fully saturated rings. The van der Waals surface area contributed by atoms with Gasteiger partial charge in [-0.3, -0.25) is 0 Å². The minimum atomic E-state index is 0.414. The molecule has 28 heavy (non-hydrogen) atoms. The summed E-state index contributed by atoms with van der Waals surface area (Å²) in [4.78, 5) is 4.41. The van der Waals surface area contributed by atoms with Crippen molar-refractivity contribution in [2.75, 3.05) is 37.5 Å². The lowest BCUT2D eigenvalue weighted by atomic mass is 10.3. The highest BCUT2D eigenvalue weighted by atomic mass is 16.5. The quantitative estimate of drug-likeness (QED) is 0.516. The van der Waals surface area contributed by atoms with Gasteiger partial charge < -0.3 is 24.8 Å². The zero-order valence-electron chi connectivity index (χ0n) is 15.9. The lowest BCUT2D eigenvalue weighted by molar-refractivity contribution is 0.331. The number of anilines is 3. The van der Waals surface area contributed by atoms with E-state index in [1.807, 2.05) is 55.5 Å². The molecule has 1 aromatic heterocycles. The molecule has 3 rings (SSSR count). The maximum atomic E-state index is 5.67. The number of hydrogen-bond donors (Lipinski definition) is 2. The predicted molar refractivity (Wildman–Crippen MR) is 108 cm³/mol. The molecule has 0 radical (unpaired) electrons. The van der Waals surface area contributed by atoms with Gasteiger partial charge in [0.05, 0.1) is 32.1 Å². The second-order valence-electron chi connectivity index (χ2n) is 5.67. The van der Waals surface area contributed by atoms with Crippen LogP contribution in [-0.2, 0) is 0 Å². The Hall–Kier alpha value is -3.55. The smallest absolute Gasteiger partial charge is 0.244 e. The molecular formula is C20H23N5O3. The first-order valence-corrected chi connectivity index (χ1v) is 8.98. The summed E-state index contributed by atoms with van der Waals surface area (Å²) in [5.74, 6) is 3.30. The van der Waals surface area contributed by atoms with E-state index >= 15 is 0 Å². The SMILES string of the molecule is CCOc1ccccc1Nc1cnnc(NCCOc2ccc(OC)cc2)n1. The summed E-state index contributed by atoms with van der Waals surface area (Å²) >= 11 is 0. The largest absolute Gasteiger partial charge is 0.497 e. The van der Waals surface area contributed by atoms with Crippen molar-refractivity contribution in [1.82, 2.24) is 15.2 Å². The van der Waals surface area contributed by atoms with Crippen LogP contribution in [0.4, 0.5) is 17.5 Å². The number of nitrogens with one attached hydrogen (secondary N) is 2. The molecule has 1 heterocycles. The maximum absolute atomic E-state index is 5.67. The molecule has 0 amide bonds. The topological polar surface area (TPSA) is 90.4 Å². The van der Waals surface area contributed by atoms with Gasteiger partial charge in [0.1, 0.15) is 23.9 Å². The van der Waals surface area contributed by atoms with Crippen LogP contribution in [0.15, 0.2) is 54.7 Å². The average molecular weight is 381 g/mol. The van der Waals surface area contributed by atoms with E-state index in [0.29, 0.717) is 31.5 Å². The molecule has 0 aliphatic carbocycles. The lowest BCUT2D eigenvalue weighted by Crippen LogP contribution is -2.14. The number of rotatable bonds is 10. The Morgan fingerprint density at radius 2 is 1.75 bits per heavy atom.